The van der Waals surface area contributed by atoms with Crippen molar-refractivity contribution in [3.63, 3.8) is 0 Å². The van der Waals surface area contributed by atoms with Crippen molar-refractivity contribution in [2.45, 2.75) is 18.6 Å². The van der Waals surface area contributed by atoms with E-state index >= 15 is 0 Å². The van der Waals surface area contributed by atoms with E-state index in [0.717, 1.165) is 10.8 Å². The molecule has 1 heterocycles. The van der Waals surface area contributed by atoms with E-state index in [0.29, 0.717) is 22.1 Å². The van der Waals surface area contributed by atoms with E-state index in [1.165, 1.54) is 17.8 Å². The summed E-state index contributed by atoms with van der Waals surface area (Å²) in [4.78, 5) is 29.0. The van der Waals surface area contributed by atoms with Crippen molar-refractivity contribution in [3.05, 3.63) is 72.0 Å². The van der Waals surface area contributed by atoms with Gasteiger partial charge in [0.1, 0.15) is 11.1 Å². The second-order valence-corrected chi connectivity index (χ2v) is 7.92. The Morgan fingerprint density at radius 1 is 1.17 bits per heavy atom. The molecule has 0 spiro atoms. The lowest BCUT2D eigenvalue weighted by Crippen LogP contribution is -2.28. The molecule has 2 N–H and O–H groups in total. The fraction of sp³-hybridized carbons (Fsp3) is 0.136. The van der Waals surface area contributed by atoms with E-state index in [9.17, 15) is 14.0 Å². The quantitative estimate of drug-likeness (QED) is 0.667. The van der Waals surface area contributed by atoms with Gasteiger partial charge in [0.2, 0.25) is 11.8 Å². The van der Waals surface area contributed by atoms with Gasteiger partial charge in [-0.15, -0.1) is 0 Å². The number of nitrogens with zero attached hydrogens (tertiary/aromatic N) is 1. The fourth-order valence-electron chi connectivity index (χ4n) is 3.06. The smallest absolute Gasteiger partial charge is 0.240 e. The van der Waals surface area contributed by atoms with E-state index in [4.69, 9.17) is 0 Å². The van der Waals surface area contributed by atoms with Crippen LogP contribution in [0, 0.1) is 12.7 Å². The normalized spacial score (nSPS) is 17.5. The van der Waals surface area contributed by atoms with Gasteiger partial charge in [-0.25, -0.2) is 9.38 Å². The molecule has 3 aromatic rings. The second-order valence-electron chi connectivity index (χ2n) is 6.73. The summed E-state index contributed by atoms with van der Waals surface area (Å²) in [5.74, 6) is -0.891. The molecule has 0 bridgehead atoms. The Balaban J connectivity index is 1.44. The van der Waals surface area contributed by atoms with Crippen LogP contribution in [0.2, 0.25) is 0 Å². The number of aryl methyl sites for hydroxylation is 1. The number of hydrogen-bond acceptors (Lipinski definition) is 4. The average Bonchev–Trinajstić information content (AvgIpc) is 3.03. The van der Waals surface area contributed by atoms with Crippen LogP contribution in [-0.4, -0.2) is 22.2 Å². The minimum atomic E-state index is -0.584. The molecule has 7 heteroatoms. The Morgan fingerprint density at radius 3 is 2.79 bits per heavy atom. The number of halogens is 1. The lowest BCUT2D eigenvalue weighted by atomic mass is 10.1. The van der Waals surface area contributed by atoms with Crippen LogP contribution < -0.4 is 10.6 Å². The van der Waals surface area contributed by atoms with Gasteiger partial charge in [0.15, 0.2) is 5.17 Å². The number of amidine groups is 1. The number of carbonyl (C=O) groups excluding carboxylic acids is 2. The standard InChI is InChI=1S/C22H18FN3O2S/c1-13-9-10-15(11-17(13)23)24-22-26-21(28)19(29-22)12-20(27)25-18-8-4-6-14-5-2-3-7-16(14)18/h2-11,19H,12H2,1H3,(H,25,27)(H,24,26,28). The number of aliphatic imine (C=N–C) groups is 1. The summed E-state index contributed by atoms with van der Waals surface area (Å²) in [6.45, 7) is 1.67. The van der Waals surface area contributed by atoms with Crippen molar-refractivity contribution in [2.75, 3.05) is 5.32 Å². The molecule has 1 aliphatic rings. The van der Waals surface area contributed by atoms with Gasteiger partial charge < -0.3 is 10.6 Å². The van der Waals surface area contributed by atoms with Gasteiger partial charge in [-0.3, -0.25) is 9.59 Å². The summed E-state index contributed by atoms with van der Waals surface area (Å²) in [7, 11) is 0. The van der Waals surface area contributed by atoms with E-state index in [2.05, 4.69) is 15.6 Å². The Hall–Kier alpha value is -3.19. The molecule has 4 rings (SSSR count). The molecule has 1 saturated heterocycles. The predicted octanol–water partition coefficient (Wildman–Crippen LogP) is 4.54. The zero-order valence-electron chi connectivity index (χ0n) is 15.6. The maximum atomic E-state index is 13.7. The maximum Gasteiger partial charge on any atom is 0.240 e. The first-order chi connectivity index (χ1) is 14.0. The molecule has 3 aromatic carbocycles. The molecule has 0 saturated carbocycles. The van der Waals surface area contributed by atoms with Gasteiger partial charge in [-0.05, 0) is 36.1 Å². The van der Waals surface area contributed by atoms with Crippen molar-refractivity contribution in [1.82, 2.24) is 5.32 Å². The Morgan fingerprint density at radius 2 is 1.97 bits per heavy atom. The van der Waals surface area contributed by atoms with Crippen molar-refractivity contribution in [1.29, 1.82) is 0 Å². The number of benzene rings is 3. The number of fused-ring (bicyclic) bond motifs is 1. The molecule has 5 nitrogen and oxygen atoms in total. The van der Waals surface area contributed by atoms with Gasteiger partial charge in [0.05, 0.1) is 5.69 Å². The Labute approximate surface area is 171 Å². The molecule has 0 aromatic heterocycles. The number of hydrogen-bond donors (Lipinski definition) is 2. The zero-order chi connectivity index (χ0) is 20.4. The van der Waals surface area contributed by atoms with Gasteiger partial charge in [-0.1, -0.05) is 54.2 Å². The van der Waals surface area contributed by atoms with Gasteiger partial charge in [-0.2, -0.15) is 0 Å². The molecule has 1 aliphatic heterocycles. The molecule has 1 unspecified atom stereocenters. The number of nitrogens with one attached hydrogen (secondary N) is 2. The Bertz CT molecular complexity index is 1140. The minimum absolute atomic E-state index is 0.0149. The van der Waals surface area contributed by atoms with Crippen LogP contribution in [0.3, 0.4) is 0 Å². The van der Waals surface area contributed by atoms with E-state index in [1.54, 1.807) is 19.1 Å². The topological polar surface area (TPSA) is 70.6 Å². The zero-order valence-corrected chi connectivity index (χ0v) is 16.4. The largest absolute Gasteiger partial charge is 0.325 e. The van der Waals surface area contributed by atoms with Crippen molar-refractivity contribution < 1.29 is 14.0 Å². The first-order valence-electron chi connectivity index (χ1n) is 9.09. The summed E-state index contributed by atoms with van der Waals surface area (Å²) < 4.78 is 13.7. The number of rotatable bonds is 4. The highest BCUT2D eigenvalue weighted by Crippen LogP contribution is 2.27. The van der Waals surface area contributed by atoms with E-state index < -0.39 is 5.25 Å². The minimum Gasteiger partial charge on any atom is -0.325 e. The number of amides is 2. The molecule has 0 aliphatic carbocycles. The fourth-order valence-corrected chi connectivity index (χ4v) is 4.05. The van der Waals surface area contributed by atoms with Crippen LogP contribution in [0.1, 0.15) is 12.0 Å². The van der Waals surface area contributed by atoms with E-state index in [1.807, 2.05) is 42.5 Å². The van der Waals surface area contributed by atoms with Crippen molar-refractivity contribution >= 4 is 50.9 Å². The predicted molar refractivity (Wildman–Crippen MR) is 115 cm³/mol. The first-order valence-corrected chi connectivity index (χ1v) is 9.97. The third kappa shape index (κ3) is 4.30. The third-order valence-corrected chi connectivity index (χ3v) is 5.68. The van der Waals surface area contributed by atoms with Crippen molar-refractivity contribution in [3.8, 4) is 0 Å². The van der Waals surface area contributed by atoms with Gasteiger partial charge in [0, 0.05) is 17.5 Å². The molecule has 0 radical (unpaired) electrons. The van der Waals surface area contributed by atoms with Crippen LogP contribution in [0.4, 0.5) is 15.8 Å². The third-order valence-electron chi connectivity index (χ3n) is 4.60. The van der Waals surface area contributed by atoms with Gasteiger partial charge >= 0.3 is 0 Å². The summed E-state index contributed by atoms with van der Waals surface area (Å²) in [5.41, 5.74) is 1.65. The molecular weight excluding hydrogens is 389 g/mol. The SMILES string of the molecule is Cc1ccc(N=C2NC(=O)C(CC(=O)Nc3cccc4ccccc34)S2)cc1F. The lowest BCUT2D eigenvalue weighted by Gasteiger charge is -2.10. The summed E-state index contributed by atoms with van der Waals surface area (Å²) in [6.07, 6.45) is 0.0149. The molecule has 29 heavy (non-hydrogen) atoms. The molecular formula is C22H18FN3O2S. The molecule has 2 amide bonds. The number of carbonyl (C=O) groups is 2. The van der Waals surface area contributed by atoms with Crippen molar-refractivity contribution in [2.24, 2.45) is 4.99 Å². The van der Waals surface area contributed by atoms with Gasteiger partial charge in [0.25, 0.3) is 0 Å². The maximum absolute atomic E-state index is 13.7. The van der Waals surface area contributed by atoms with Crippen LogP contribution in [0.5, 0.6) is 0 Å². The van der Waals surface area contributed by atoms with Crippen LogP contribution in [-0.2, 0) is 9.59 Å². The summed E-state index contributed by atoms with van der Waals surface area (Å²) in [6, 6.07) is 18.1. The average molecular weight is 407 g/mol. The lowest BCUT2D eigenvalue weighted by molar-refractivity contribution is -0.122. The second kappa shape index (κ2) is 8.05. The molecule has 1 atom stereocenters. The van der Waals surface area contributed by atoms with Crippen LogP contribution in [0.25, 0.3) is 10.8 Å². The van der Waals surface area contributed by atoms with Crippen LogP contribution >= 0.6 is 11.8 Å². The highest BCUT2D eigenvalue weighted by Gasteiger charge is 2.32. The molecule has 146 valence electrons. The monoisotopic (exact) mass is 407 g/mol. The molecule has 1 fully saturated rings. The highest BCUT2D eigenvalue weighted by molar-refractivity contribution is 8.15. The van der Waals surface area contributed by atoms with Crippen LogP contribution in [0.15, 0.2) is 65.7 Å². The summed E-state index contributed by atoms with van der Waals surface area (Å²) in [5, 5.41) is 7.29. The summed E-state index contributed by atoms with van der Waals surface area (Å²) >= 11 is 1.17. The Kier molecular flexibility index (Phi) is 5.31. The highest BCUT2D eigenvalue weighted by atomic mass is 32.2. The first kappa shape index (κ1) is 19.1. The number of thioether (sulfide) groups is 1. The van der Waals surface area contributed by atoms with E-state index in [-0.39, 0.29) is 24.1 Å². The number of anilines is 1.